The number of methoxy groups -OCH3 is 2. The zero-order valence-electron chi connectivity index (χ0n) is 21.4. The van der Waals surface area contributed by atoms with Crippen LogP contribution in [-0.4, -0.2) is 66.4 Å². The van der Waals surface area contributed by atoms with Crippen LogP contribution in [0.15, 0.2) is 60.0 Å². The van der Waals surface area contributed by atoms with E-state index in [0.29, 0.717) is 22.7 Å². The molecular formula is C28H33ClN4O3S. The summed E-state index contributed by atoms with van der Waals surface area (Å²) >= 11 is 7.34. The van der Waals surface area contributed by atoms with Crippen molar-refractivity contribution in [3.05, 3.63) is 65.4 Å². The molecule has 1 aliphatic carbocycles. The maximum Gasteiger partial charge on any atom is 0.230 e. The lowest BCUT2D eigenvalue weighted by atomic mass is 10.1. The maximum absolute atomic E-state index is 12.7. The van der Waals surface area contributed by atoms with E-state index in [1.807, 2.05) is 30.3 Å². The molecule has 0 spiro atoms. The molecule has 1 heterocycles. The molecule has 7 nitrogen and oxygen atoms in total. The van der Waals surface area contributed by atoms with Gasteiger partial charge in [0.1, 0.15) is 0 Å². The molecule has 9 heteroatoms. The topological polar surface area (TPSA) is 76.6 Å². The molecule has 1 saturated carbocycles. The molecule has 196 valence electrons. The molecule has 4 rings (SSSR count). The number of aromatic nitrogens is 2. The highest BCUT2D eigenvalue weighted by atomic mass is 35.5. The van der Waals surface area contributed by atoms with Crippen molar-refractivity contribution in [1.29, 1.82) is 0 Å². The second kappa shape index (κ2) is 13.1. The first-order valence-electron chi connectivity index (χ1n) is 12.4. The number of nitrogens with zero attached hydrogens (tertiary/aromatic N) is 3. The molecule has 1 aliphatic rings. The molecule has 0 aliphatic heterocycles. The number of carbonyl (C=O) groups is 1. The summed E-state index contributed by atoms with van der Waals surface area (Å²) in [5.41, 5.74) is 3.06. The summed E-state index contributed by atoms with van der Waals surface area (Å²) in [7, 11) is 5.36. The van der Waals surface area contributed by atoms with Crippen molar-refractivity contribution in [2.24, 2.45) is 0 Å². The molecule has 1 fully saturated rings. The third-order valence-corrected chi connectivity index (χ3v) is 7.86. The smallest absolute Gasteiger partial charge is 0.230 e. The minimum Gasteiger partial charge on any atom is -0.493 e. The van der Waals surface area contributed by atoms with E-state index in [9.17, 15) is 4.79 Å². The Bertz CT molecular complexity index is 1180. The van der Waals surface area contributed by atoms with Gasteiger partial charge in [-0.05, 0) is 68.1 Å². The van der Waals surface area contributed by atoms with Crippen LogP contribution in [0, 0.1) is 0 Å². The average molecular weight is 541 g/mol. The summed E-state index contributed by atoms with van der Waals surface area (Å²) < 4.78 is 10.7. The first-order valence-corrected chi connectivity index (χ1v) is 13.7. The van der Waals surface area contributed by atoms with Gasteiger partial charge >= 0.3 is 0 Å². The van der Waals surface area contributed by atoms with Crippen LogP contribution in [0.5, 0.6) is 11.5 Å². The Hall–Kier alpha value is -2.81. The van der Waals surface area contributed by atoms with Gasteiger partial charge in [-0.15, -0.1) is 0 Å². The standard InChI is InChI=1S/C28H33ClN4O3S/c1-33(14-13-19-7-10-22(29)11-8-19)24-6-4-5-23(24)32-27(34)18-37-28-30-16-21(17-31-28)20-9-12-25(35-2)26(15-20)36-3/h7-12,15-17,23-24H,4-6,13-14,18H2,1-3H3,(H,32,34)/t23?,24-/m1/s1. The monoisotopic (exact) mass is 540 g/mol. The summed E-state index contributed by atoms with van der Waals surface area (Å²) in [6.45, 7) is 0.938. The summed E-state index contributed by atoms with van der Waals surface area (Å²) in [6.07, 6.45) is 7.69. The average Bonchev–Trinajstić information content (AvgIpc) is 3.39. The van der Waals surface area contributed by atoms with Crippen molar-refractivity contribution in [2.75, 3.05) is 33.6 Å². The van der Waals surface area contributed by atoms with Crippen LogP contribution in [0.3, 0.4) is 0 Å². The van der Waals surface area contributed by atoms with Crippen LogP contribution in [0.2, 0.25) is 5.02 Å². The molecule has 1 N–H and O–H groups in total. The quantitative estimate of drug-likeness (QED) is 0.267. The number of carbonyl (C=O) groups excluding carboxylic acids is 1. The number of hydrogen-bond acceptors (Lipinski definition) is 7. The van der Waals surface area contributed by atoms with Gasteiger partial charge in [0.2, 0.25) is 5.91 Å². The van der Waals surface area contributed by atoms with Crippen LogP contribution >= 0.6 is 23.4 Å². The van der Waals surface area contributed by atoms with Gasteiger partial charge in [-0.3, -0.25) is 4.79 Å². The Kier molecular flexibility index (Phi) is 9.66. The van der Waals surface area contributed by atoms with E-state index < -0.39 is 0 Å². The Morgan fingerprint density at radius 2 is 1.78 bits per heavy atom. The molecule has 1 aromatic heterocycles. The van der Waals surface area contributed by atoms with E-state index in [2.05, 4.69) is 39.4 Å². The van der Waals surface area contributed by atoms with E-state index in [-0.39, 0.29) is 17.7 Å². The SMILES string of the molecule is COc1ccc(-c2cnc(SCC(=O)NC3CCC[C@H]3N(C)CCc3ccc(Cl)cc3)nc2)cc1OC. The predicted octanol–water partition coefficient (Wildman–Crippen LogP) is 5.12. The number of thioether (sulfide) groups is 1. The normalized spacial score (nSPS) is 17.1. The van der Waals surface area contributed by atoms with Gasteiger partial charge in [0.15, 0.2) is 16.7 Å². The van der Waals surface area contributed by atoms with Crippen molar-refractivity contribution in [1.82, 2.24) is 20.2 Å². The van der Waals surface area contributed by atoms with Crippen molar-refractivity contribution in [3.8, 4) is 22.6 Å². The largest absolute Gasteiger partial charge is 0.493 e. The highest BCUT2D eigenvalue weighted by molar-refractivity contribution is 7.99. The summed E-state index contributed by atoms with van der Waals surface area (Å²) in [4.78, 5) is 24.0. The molecular weight excluding hydrogens is 508 g/mol. The molecule has 0 saturated heterocycles. The number of halogens is 1. The summed E-state index contributed by atoms with van der Waals surface area (Å²) in [5.74, 6) is 1.62. The molecule has 0 bridgehead atoms. The number of ether oxygens (including phenoxy) is 2. The second-order valence-electron chi connectivity index (χ2n) is 9.14. The number of likely N-dealkylation sites (N-methyl/N-ethyl adjacent to an activating group) is 1. The lowest BCUT2D eigenvalue weighted by Gasteiger charge is -2.30. The maximum atomic E-state index is 12.7. The van der Waals surface area contributed by atoms with Gasteiger partial charge in [0.25, 0.3) is 0 Å². The van der Waals surface area contributed by atoms with Gasteiger partial charge in [-0.2, -0.15) is 0 Å². The minimum atomic E-state index is 0.0144. The van der Waals surface area contributed by atoms with Crippen LogP contribution in [0.25, 0.3) is 11.1 Å². The Labute approximate surface area is 227 Å². The molecule has 37 heavy (non-hydrogen) atoms. The number of amides is 1. The number of rotatable bonds is 11. The van der Waals surface area contributed by atoms with Crippen LogP contribution < -0.4 is 14.8 Å². The van der Waals surface area contributed by atoms with Gasteiger partial charge in [0.05, 0.1) is 20.0 Å². The van der Waals surface area contributed by atoms with Crippen LogP contribution in [-0.2, 0) is 11.2 Å². The second-order valence-corrected chi connectivity index (χ2v) is 10.5. The van der Waals surface area contributed by atoms with E-state index in [0.717, 1.165) is 48.4 Å². The third-order valence-electron chi connectivity index (χ3n) is 6.74. The Balaban J connectivity index is 1.26. The van der Waals surface area contributed by atoms with Gasteiger partial charge in [-0.25, -0.2) is 9.97 Å². The zero-order valence-corrected chi connectivity index (χ0v) is 23.0. The van der Waals surface area contributed by atoms with E-state index in [1.54, 1.807) is 26.6 Å². The van der Waals surface area contributed by atoms with E-state index in [1.165, 1.54) is 17.3 Å². The zero-order chi connectivity index (χ0) is 26.2. The van der Waals surface area contributed by atoms with Crippen molar-refractivity contribution in [2.45, 2.75) is 42.9 Å². The molecule has 3 aromatic rings. The van der Waals surface area contributed by atoms with Gasteiger partial charge < -0.3 is 19.7 Å². The first-order chi connectivity index (χ1) is 18.0. The molecule has 2 atom stereocenters. The van der Waals surface area contributed by atoms with Crippen molar-refractivity contribution < 1.29 is 14.3 Å². The Morgan fingerprint density at radius 1 is 1.05 bits per heavy atom. The molecule has 0 radical (unpaired) electrons. The van der Waals surface area contributed by atoms with Crippen molar-refractivity contribution >= 4 is 29.3 Å². The van der Waals surface area contributed by atoms with E-state index >= 15 is 0 Å². The first kappa shape index (κ1) is 27.2. The highest BCUT2D eigenvalue weighted by Crippen LogP contribution is 2.32. The van der Waals surface area contributed by atoms with Crippen molar-refractivity contribution in [3.63, 3.8) is 0 Å². The minimum absolute atomic E-state index is 0.0144. The third kappa shape index (κ3) is 7.37. The number of benzene rings is 2. The fraction of sp³-hybridized carbons (Fsp3) is 0.393. The predicted molar refractivity (Wildman–Crippen MR) is 149 cm³/mol. The van der Waals surface area contributed by atoms with Crippen LogP contribution in [0.4, 0.5) is 0 Å². The van der Waals surface area contributed by atoms with E-state index in [4.69, 9.17) is 21.1 Å². The number of nitrogens with one attached hydrogen (secondary N) is 1. The van der Waals surface area contributed by atoms with Gasteiger partial charge in [0, 0.05) is 41.6 Å². The molecule has 2 aromatic carbocycles. The van der Waals surface area contributed by atoms with Gasteiger partial charge in [-0.1, -0.05) is 41.6 Å². The fourth-order valence-electron chi connectivity index (χ4n) is 4.69. The lowest BCUT2D eigenvalue weighted by Crippen LogP contribution is -2.48. The summed E-state index contributed by atoms with van der Waals surface area (Å²) in [6, 6.07) is 14.2. The fourth-order valence-corrected chi connectivity index (χ4v) is 5.42. The highest BCUT2D eigenvalue weighted by Gasteiger charge is 2.31. The number of hydrogen-bond donors (Lipinski definition) is 1. The Morgan fingerprint density at radius 3 is 2.49 bits per heavy atom. The van der Waals surface area contributed by atoms with Crippen LogP contribution in [0.1, 0.15) is 24.8 Å². The molecule has 1 unspecified atom stereocenters. The lowest BCUT2D eigenvalue weighted by molar-refractivity contribution is -0.119. The molecule has 1 amide bonds. The summed E-state index contributed by atoms with van der Waals surface area (Å²) in [5, 5.41) is 4.58.